The monoisotopic (exact) mass is 262 g/mol. The standard InChI is InChI=1S/C15H19FN2O/c1-11-3-2-4-15(10-19)18(11)9-13-7-14(16)6-5-12(13)8-17/h5-7,11,15,19H,2-4,9-10H2,1H3/t11-,15-/m1/s1. The first-order valence-electron chi connectivity index (χ1n) is 6.71. The lowest BCUT2D eigenvalue weighted by Gasteiger charge is -2.40. The van der Waals surface area contributed by atoms with E-state index >= 15 is 0 Å². The Bertz CT molecular complexity index is 484. The van der Waals surface area contributed by atoms with Crippen LogP contribution in [0.15, 0.2) is 18.2 Å². The van der Waals surface area contributed by atoms with Gasteiger partial charge in [0.15, 0.2) is 0 Å². The maximum atomic E-state index is 13.3. The number of likely N-dealkylation sites (tertiary alicyclic amines) is 1. The quantitative estimate of drug-likeness (QED) is 0.910. The Kier molecular flexibility index (Phi) is 4.52. The Hall–Kier alpha value is -1.44. The molecule has 2 rings (SSSR count). The molecular formula is C15H19FN2O. The van der Waals surface area contributed by atoms with Crippen LogP contribution in [0.1, 0.15) is 37.3 Å². The summed E-state index contributed by atoms with van der Waals surface area (Å²) in [5.41, 5.74) is 1.21. The van der Waals surface area contributed by atoms with Crippen molar-refractivity contribution in [1.29, 1.82) is 5.26 Å². The Morgan fingerprint density at radius 3 is 2.95 bits per heavy atom. The maximum Gasteiger partial charge on any atom is 0.123 e. The van der Waals surface area contributed by atoms with Crippen LogP contribution >= 0.6 is 0 Å². The summed E-state index contributed by atoms with van der Waals surface area (Å²) in [6.07, 6.45) is 3.14. The lowest BCUT2D eigenvalue weighted by Crippen LogP contribution is -2.46. The van der Waals surface area contributed by atoms with Gasteiger partial charge in [-0.15, -0.1) is 0 Å². The third-order valence-electron chi connectivity index (χ3n) is 3.95. The molecule has 2 atom stereocenters. The van der Waals surface area contributed by atoms with Crippen LogP contribution in [-0.4, -0.2) is 28.7 Å². The second-order valence-corrected chi connectivity index (χ2v) is 5.20. The van der Waals surface area contributed by atoms with Gasteiger partial charge in [0.2, 0.25) is 0 Å². The zero-order valence-corrected chi connectivity index (χ0v) is 11.1. The summed E-state index contributed by atoms with van der Waals surface area (Å²) >= 11 is 0. The predicted octanol–water partition coefficient (Wildman–Crippen LogP) is 2.43. The molecule has 3 nitrogen and oxygen atoms in total. The largest absolute Gasteiger partial charge is 0.395 e. The van der Waals surface area contributed by atoms with Gasteiger partial charge in [0.05, 0.1) is 18.2 Å². The lowest BCUT2D eigenvalue weighted by molar-refractivity contribution is 0.0450. The normalized spacial score (nSPS) is 24.1. The highest BCUT2D eigenvalue weighted by Crippen LogP contribution is 2.25. The van der Waals surface area contributed by atoms with E-state index in [0.717, 1.165) is 19.3 Å². The van der Waals surface area contributed by atoms with Gasteiger partial charge >= 0.3 is 0 Å². The molecule has 1 N–H and O–H groups in total. The summed E-state index contributed by atoms with van der Waals surface area (Å²) in [5.74, 6) is -0.320. The third kappa shape index (κ3) is 3.12. The van der Waals surface area contributed by atoms with Crippen molar-refractivity contribution in [3.8, 4) is 6.07 Å². The Balaban J connectivity index is 2.23. The first-order chi connectivity index (χ1) is 9.15. The Morgan fingerprint density at radius 1 is 1.47 bits per heavy atom. The summed E-state index contributed by atoms with van der Waals surface area (Å²) in [4.78, 5) is 2.18. The van der Waals surface area contributed by atoms with Crippen molar-refractivity contribution in [2.24, 2.45) is 0 Å². The molecule has 1 aliphatic rings. The van der Waals surface area contributed by atoms with Crippen molar-refractivity contribution >= 4 is 0 Å². The molecule has 1 saturated heterocycles. The van der Waals surface area contributed by atoms with Gasteiger partial charge in [0.25, 0.3) is 0 Å². The van der Waals surface area contributed by atoms with Crippen molar-refractivity contribution in [2.45, 2.75) is 44.8 Å². The minimum absolute atomic E-state index is 0.110. The molecule has 19 heavy (non-hydrogen) atoms. The number of nitriles is 1. The van der Waals surface area contributed by atoms with Crippen LogP contribution in [-0.2, 0) is 6.54 Å². The van der Waals surface area contributed by atoms with Gasteiger partial charge in [-0.25, -0.2) is 4.39 Å². The fourth-order valence-electron chi connectivity index (χ4n) is 2.82. The number of benzene rings is 1. The second-order valence-electron chi connectivity index (χ2n) is 5.20. The van der Waals surface area contributed by atoms with Crippen molar-refractivity contribution in [1.82, 2.24) is 4.90 Å². The van der Waals surface area contributed by atoms with Crippen LogP contribution in [0.5, 0.6) is 0 Å². The van der Waals surface area contributed by atoms with Crippen molar-refractivity contribution in [2.75, 3.05) is 6.61 Å². The number of hydrogen-bond donors (Lipinski definition) is 1. The summed E-state index contributed by atoms with van der Waals surface area (Å²) in [6, 6.07) is 6.82. The smallest absolute Gasteiger partial charge is 0.123 e. The van der Waals surface area contributed by atoms with Crippen LogP contribution in [0, 0.1) is 17.1 Å². The highest BCUT2D eigenvalue weighted by molar-refractivity contribution is 5.37. The number of nitrogens with zero attached hydrogens (tertiary/aromatic N) is 2. The molecule has 4 heteroatoms. The highest BCUT2D eigenvalue weighted by Gasteiger charge is 2.27. The molecule has 0 radical (unpaired) electrons. The van der Waals surface area contributed by atoms with Crippen molar-refractivity contribution in [3.05, 3.63) is 35.1 Å². The van der Waals surface area contributed by atoms with E-state index in [1.54, 1.807) is 0 Å². The first-order valence-corrected chi connectivity index (χ1v) is 6.71. The number of aliphatic hydroxyl groups excluding tert-OH is 1. The van der Waals surface area contributed by atoms with E-state index in [4.69, 9.17) is 5.26 Å². The molecular weight excluding hydrogens is 243 g/mol. The molecule has 102 valence electrons. The van der Waals surface area contributed by atoms with Gasteiger partial charge in [-0.05, 0) is 43.5 Å². The third-order valence-corrected chi connectivity index (χ3v) is 3.95. The summed E-state index contributed by atoms with van der Waals surface area (Å²) in [7, 11) is 0. The van der Waals surface area contributed by atoms with E-state index in [1.165, 1.54) is 18.2 Å². The molecule has 0 aliphatic carbocycles. The number of rotatable bonds is 3. The van der Waals surface area contributed by atoms with Gasteiger partial charge in [-0.3, -0.25) is 4.90 Å². The van der Waals surface area contributed by atoms with Crippen molar-refractivity contribution < 1.29 is 9.50 Å². The van der Waals surface area contributed by atoms with E-state index < -0.39 is 0 Å². The Morgan fingerprint density at radius 2 is 2.26 bits per heavy atom. The second kappa shape index (κ2) is 6.14. The van der Waals surface area contributed by atoms with Crippen LogP contribution in [0.4, 0.5) is 4.39 Å². The average molecular weight is 262 g/mol. The fraction of sp³-hybridized carbons (Fsp3) is 0.533. The molecule has 0 amide bonds. The van der Waals surface area contributed by atoms with Gasteiger partial charge in [-0.2, -0.15) is 5.26 Å². The van der Waals surface area contributed by atoms with Gasteiger partial charge < -0.3 is 5.11 Å². The topological polar surface area (TPSA) is 47.3 Å². The van der Waals surface area contributed by atoms with Gasteiger partial charge in [-0.1, -0.05) is 6.42 Å². The van der Waals surface area contributed by atoms with Crippen molar-refractivity contribution in [3.63, 3.8) is 0 Å². The zero-order valence-electron chi connectivity index (χ0n) is 11.1. The molecule has 0 bridgehead atoms. The average Bonchev–Trinajstić information content (AvgIpc) is 2.41. The number of hydrogen-bond acceptors (Lipinski definition) is 3. The van der Waals surface area contributed by atoms with E-state index in [9.17, 15) is 9.50 Å². The van der Waals surface area contributed by atoms with Gasteiger partial charge in [0.1, 0.15) is 5.82 Å². The van der Waals surface area contributed by atoms with Crippen LogP contribution in [0.3, 0.4) is 0 Å². The summed E-state index contributed by atoms with van der Waals surface area (Å²) < 4.78 is 13.3. The molecule has 1 aliphatic heterocycles. The summed E-state index contributed by atoms with van der Waals surface area (Å²) in [6.45, 7) is 2.75. The number of aliphatic hydroxyl groups is 1. The summed E-state index contributed by atoms with van der Waals surface area (Å²) in [5, 5.41) is 18.5. The first kappa shape index (κ1) is 14.0. The fourth-order valence-corrected chi connectivity index (χ4v) is 2.82. The van der Waals surface area contributed by atoms with Crippen LogP contribution in [0.2, 0.25) is 0 Å². The zero-order chi connectivity index (χ0) is 13.8. The molecule has 1 heterocycles. The molecule has 0 spiro atoms. The number of halogens is 1. The van der Waals surface area contributed by atoms with Crippen LogP contribution < -0.4 is 0 Å². The molecule has 1 aromatic carbocycles. The molecule has 0 aromatic heterocycles. The Labute approximate surface area is 113 Å². The van der Waals surface area contributed by atoms with E-state index in [-0.39, 0.29) is 18.5 Å². The van der Waals surface area contributed by atoms with Gasteiger partial charge in [0, 0.05) is 18.6 Å². The van der Waals surface area contributed by atoms with E-state index in [2.05, 4.69) is 17.9 Å². The minimum atomic E-state index is -0.320. The molecule has 1 fully saturated rings. The minimum Gasteiger partial charge on any atom is -0.395 e. The van der Waals surface area contributed by atoms with E-state index in [1.807, 2.05) is 0 Å². The predicted molar refractivity (Wildman–Crippen MR) is 70.8 cm³/mol. The highest BCUT2D eigenvalue weighted by atomic mass is 19.1. The maximum absolute atomic E-state index is 13.3. The van der Waals surface area contributed by atoms with Crippen LogP contribution in [0.25, 0.3) is 0 Å². The molecule has 1 aromatic rings. The van der Waals surface area contributed by atoms with E-state index in [0.29, 0.717) is 23.7 Å². The SMILES string of the molecule is C[C@@H]1CCC[C@H](CO)N1Cc1cc(F)ccc1C#N. The lowest BCUT2D eigenvalue weighted by atomic mass is 9.95. The molecule has 0 unspecified atom stereocenters. The molecule has 0 saturated carbocycles. The number of piperidine rings is 1.